The van der Waals surface area contributed by atoms with Gasteiger partial charge in [0.15, 0.2) is 0 Å². The van der Waals surface area contributed by atoms with E-state index in [4.69, 9.17) is 0 Å². The number of nitrogens with zero attached hydrogens (tertiary/aromatic N) is 3. The molecular weight excluding hydrogens is 544 g/mol. The third-order valence-corrected chi connectivity index (χ3v) is 9.18. The summed E-state index contributed by atoms with van der Waals surface area (Å²) < 4.78 is 29.1. The van der Waals surface area contributed by atoms with Crippen LogP contribution >= 0.6 is 0 Å². The lowest BCUT2D eigenvalue weighted by molar-refractivity contribution is -0.126. The van der Waals surface area contributed by atoms with Gasteiger partial charge in [0.1, 0.15) is 4.90 Å². The molecule has 1 N–H and O–H groups in total. The molecule has 3 aromatic rings. The largest absolute Gasteiger partial charge is 0.337 e. The molecule has 0 radical (unpaired) electrons. The Hall–Kier alpha value is -3.77. The molecule has 7 nitrogen and oxygen atoms in total. The second-order valence-corrected chi connectivity index (χ2v) is 12.5. The second-order valence-electron chi connectivity index (χ2n) is 10.8. The van der Waals surface area contributed by atoms with Gasteiger partial charge >= 0.3 is 0 Å². The number of carbonyl (C=O) groups excluding carboxylic acids is 1. The number of rotatable bonds is 8. The third-order valence-electron chi connectivity index (χ3n) is 7.66. The summed E-state index contributed by atoms with van der Waals surface area (Å²) >= 11 is 0. The SMILES string of the molecule is CCCCC#Cc1ccc(CN2CCCN(C(=O)C3=CCC(NS(=O)(=O)c4cccc5cccnc45)C=C3)CC2)cc1. The first-order chi connectivity index (χ1) is 20.4. The first kappa shape index (κ1) is 29.7. The summed E-state index contributed by atoms with van der Waals surface area (Å²) in [5.74, 6) is 6.48. The molecule has 1 atom stereocenters. The van der Waals surface area contributed by atoms with E-state index in [1.807, 2.05) is 23.1 Å². The van der Waals surface area contributed by atoms with Gasteiger partial charge in [-0.2, -0.15) is 0 Å². The molecule has 1 aliphatic carbocycles. The van der Waals surface area contributed by atoms with Gasteiger partial charge in [-0.05, 0) is 49.1 Å². The number of hydrogen-bond acceptors (Lipinski definition) is 5. The smallest absolute Gasteiger partial charge is 0.253 e. The number of sulfonamides is 1. The summed E-state index contributed by atoms with van der Waals surface area (Å²) in [4.78, 5) is 22.1. The number of carbonyl (C=O) groups is 1. The molecule has 2 heterocycles. The van der Waals surface area contributed by atoms with E-state index < -0.39 is 16.1 Å². The van der Waals surface area contributed by atoms with Crippen LogP contribution in [0.4, 0.5) is 0 Å². The fourth-order valence-electron chi connectivity index (χ4n) is 5.32. The van der Waals surface area contributed by atoms with Crippen molar-refractivity contribution >= 4 is 26.8 Å². The number of amides is 1. The Bertz CT molecular complexity index is 1630. The fourth-order valence-corrected chi connectivity index (χ4v) is 6.70. The molecule has 1 unspecified atom stereocenters. The maximum absolute atomic E-state index is 13.3. The van der Waals surface area contributed by atoms with Crippen LogP contribution < -0.4 is 4.72 Å². The van der Waals surface area contributed by atoms with Crippen molar-refractivity contribution < 1.29 is 13.2 Å². The average molecular weight is 583 g/mol. The zero-order chi connectivity index (χ0) is 29.4. The van der Waals surface area contributed by atoms with Crippen molar-refractivity contribution in [3.8, 4) is 11.8 Å². The van der Waals surface area contributed by atoms with Crippen molar-refractivity contribution in [3.63, 3.8) is 0 Å². The standard InChI is InChI=1S/C34H38N4O3S/c1-2-3-4-5-9-27-13-15-28(16-14-27)26-37-22-8-23-38(25-24-37)34(39)30-17-19-31(20-18-30)36-42(40,41)32-12-6-10-29-11-7-21-35-33(29)32/h6-7,10-19,21,31,36H,2-4,8,20,22-26H2,1H3. The van der Waals surface area contributed by atoms with Crippen LogP contribution in [0.3, 0.4) is 0 Å². The van der Waals surface area contributed by atoms with E-state index in [2.05, 4.69) is 57.6 Å². The van der Waals surface area contributed by atoms with Gasteiger partial charge in [-0.25, -0.2) is 13.1 Å². The van der Waals surface area contributed by atoms with E-state index in [1.54, 1.807) is 36.5 Å². The van der Waals surface area contributed by atoms with Crippen molar-refractivity contribution in [2.75, 3.05) is 26.2 Å². The predicted molar refractivity (Wildman–Crippen MR) is 167 cm³/mol. The van der Waals surface area contributed by atoms with E-state index in [0.29, 0.717) is 30.6 Å². The molecule has 2 aliphatic rings. The van der Waals surface area contributed by atoms with Gasteiger partial charge in [-0.1, -0.05) is 73.7 Å². The van der Waals surface area contributed by atoms with Gasteiger partial charge in [0.05, 0.1) is 5.52 Å². The normalized spacial score (nSPS) is 17.8. The van der Waals surface area contributed by atoms with Crippen molar-refractivity contribution in [2.24, 2.45) is 0 Å². The molecule has 42 heavy (non-hydrogen) atoms. The maximum Gasteiger partial charge on any atom is 0.253 e. The quantitative estimate of drug-likeness (QED) is 0.297. The minimum absolute atomic E-state index is 0.00124. The summed E-state index contributed by atoms with van der Waals surface area (Å²) in [5.41, 5.74) is 3.36. The molecular formula is C34H38N4O3S. The average Bonchev–Trinajstić information content (AvgIpc) is 3.25. The highest BCUT2D eigenvalue weighted by molar-refractivity contribution is 7.89. The molecule has 0 spiro atoms. The number of pyridine rings is 1. The van der Waals surface area contributed by atoms with Crippen LogP contribution in [-0.2, 0) is 21.4 Å². The third kappa shape index (κ3) is 7.54. The van der Waals surface area contributed by atoms with Crippen LogP contribution in [0.25, 0.3) is 10.9 Å². The van der Waals surface area contributed by atoms with E-state index in [9.17, 15) is 13.2 Å². The Labute approximate surface area is 249 Å². The highest BCUT2D eigenvalue weighted by atomic mass is 32.2. The van der Waals surface area contributed by atoms with Crippen molar-refractivity contribution in [3.05, 3.63) is 95.7 Å². The highest BCUT2D eigenvalue weighted by Gasteiger charge is 2.25. The Morgan fingerprint density at radius 3 is 2.67 bits per heavy atom. The van der Waals surface area contributed by atoms with E-state index in [-0.39, 0.29) is 10.8 Å². The molecule has 1 fully saturated rings. The molecule has 5 rings (SSSR count). The second kappa shape index (κ2) is 13.9. The highest BCUT2D eigenvalue weighted by Crippen LogP contribution is 2.22. The molecule has 1 saturated heterocycles. The molecule has 218 valence electrons. The van der Waals surface area contributed by atoms with Crippen LogP contribution in [0.1, 0.15) is 50.2 Å². The summed E-state index contributed by atoms with van der Waals surface area (Å²) in [6.07, 6.45) is 11.5. The van der Waals surface area contributed by atoms with Crippen LogP contribution in [0.5, 0.6) is 0 Å². The van der Waals surface area contributed by atoms with Gasteiger partial charge in [0.2, 0.25) is 10.0 Å². The minimum atomic E-state index is -3.79. The van der Waals surface area contributed by atoms with Gasteiger partial charge in [-0.15, -0.1) is 0 Å². The number of nitrogens with one attached hydrogen (secondary N) is 1. The van der Waals surface area contributed by atoms with Crippen LogP contribution in [0, 0.1) is 11.8 Å². The van der Waals surface area contributed by atoms with Crippen LogP contribution in [0.15, 0.2) is 89.5 Å². The number of fused-ring (bicyclic) bond motifs is 1. The van der Waals surface area contributed by atoms with Gasteiger partial charge in [0.25, 0.3) is 5.91 Å². The monoisotopic (exact) mass is 582 g/mol. The molecule has 1 aliphatic heterocycles. The number of unbranched alkanes of at least 4 members (excludes halogenated alkanes) is 2. The lowest BCUT2D eigenvalue weighted by Gasteiger charge is -2.24. The Morgan fingerprint density at radius 1 is 1.05 bits per heavy atom. The molecule has 1 aromatic heterocycles. The van der Waals surface area contributed by atoms with Gasteiger partial charge in [0, 0.05) is 67.9 Å². The fraction of sp³-hybridized carbons (Fsp3) is 0.353. The summed E-state index contributed by atoms with van der Waals surface area (Å²) in [7, 11) is -3.79. The number of hydrogen-bond donors (Lipinski definition) is 1. The van der Waals surface area contributed by atoms with E-state index in [0.717, 1.165) is 56.3 Å². The topological polar surface area (TPSA) is 82.6 Å². The summed E-state index contributed by atoms with van der Waals surface area (Å²) in [6.45, 7) is 6.14. The molecule has 0 bridgehead atoms. The first-order valence-corrected chi connectivity index (χ1v) is 16.2. The Morgan fingerprint density at radius 2 is 1.88 bits per heavy atom. The minimum Gasteiger partial charge on any atom is -0.337 e. The molecule has 8 heteroatoms. The van der Waals surface area contributed by atoms with E-state index >= 15 is 0 Å². The first-order valence-electron chi connectivity index (χ1n) is 14.8. The Balaban J connectivity index is 1.13. The van der Waals surface area contributed by atoms with E-state index in [1.165, 1.54) is 5.56 Å². The van der Waals surface area contributed by atoms with Crippen LogP contribution in [-0.4, -0.2) is 61.3 Å². The van der Waals surface area contributed by atoms with Gasteiger partial charge in [-0.3, -0.25) is 14.7 Å². The zero-order valence-corrected chi connectivity index (χ0v) is 24.9. The number of benzene rings is 2. The number of aromatic nitrogens is 1. The van der Waals surface area contributed by atoms with Crippen molar-refractivity contribution in [1.82, 2.24) is 19.5 Å². The maximum atomic E-state index is 13.3. The predicted octanol–water partition coefficient (Wildman–Crippen LogP) is 5.04. The lowest BCUT2D eigenvalue weighted by Crippen LogP contribution is -2.37. The Kier molecular flexibility index (Phi) is 9.85. The lowest BCUT2D eigenvalue weighted by atomic mass is 10.0. The van der Waals surface area contributed by atoms with Crippen LogP contribution in [0.2, 0.25) is 0 Å². The zero-order valence-electron chi connectivity index (χ0n) is 24.1. The molecule has 1 amide bonds. The van der Waals surface area contributed by atoms with Crippen molar-refractivity contribution in [1.29, 1.82) is 0 Å². The molecule has 0 saturated carbocycles. The summed E-state index contributed by atoms with van der Waals surface area (Å²) in [6, 6.07) is 16.8. The molecule has 2 aromatic carbocycles. The number of para-hydroxylation sites is 1. The summed E-state index contributed by atoms with van der Waals surface area (Å²) in [5, 5.41) is 0.768. The van der Waals surface area contributed by atoms with Gasteiger partial charge < -0.3 is 4.90 Å². The van der Waals surface area contributed by atoms with Crippen molar-refractivity contribution in [2.45, 2.75) is 56.5 Å².